The Kier molecular flexibility index (Phi) is 4.56. The highest BCUT2D eigenvalue weighted by Gasteiger charge is 2.21. The minimum absolute atomic E-state index is 0.0342. The molecule has 0 radical (unpaired) electrons. The zero-order valence-corrected chi connectivity index (χ0v) is 15.5. The molecule has 3 rings (SSSR count). The molecular formula is C19H22N2O3S. The molecule has 25 heavy (non-hydrogen) atoms. The molecule has 0 atom stereocenters. The lowest BCUT2D eigenvalue weighted by molar-refractivity contribution is -0.129. The molecule has 0 aliphatic carbocycles. The first-order valence-corrected chi connectivity index (χ1v) is 9.72. The fraction of sp³-hybridized carbons (Fsp3) is 0.316. The van der Waals surface area contributed by atoms with E-state index in [4.69, 9.17) is 0 Å². The number of nitrogens with one attached hydrogen (secondary N) is 1. The summed E-state index contributed by atoms with van der Waals surface area (Å²) < 4.78 is 28.1. The van der Waals surface area contributed by atoms with E-state index in [1.807, 2.05) is 25.1 Å². The maximum Gasteiger partial charge on any atom is 0.262 e. The first kappa shape index (κ1) is 17.5. The van der Waals surface area contributed by atoms with Gasteiger partial charge >= 0.3 is 0 Å². The van der Waals surface area contributed by atoms with Crippen molar-refractivity contribution in [3.8, 4) is 0 Å². The molecule has 0 saturated heterocycles. The minimum atomic E-state index is -3.65. The highest BCUT2D eigenvalue weighted by Crippen LogP contribution is 2.25. The molecule has 1 N–H and O–H groups in total. The zero-order chi connectivity index (χ0) is 18.2. The Morgan fingerprint density at radius 2 is 1.84 bits per heavy atom. The van der Waals surface area contributed by atoms with E-state index in [1.165, 1.54) is 0 Å². The van der Waals surface area contributed by atoms with Crippen molar-refractivity contribution in [3.63, 3.8) is 0 Å². The van der Waals surface area contributed by atoms with Gasteiger partial charge in [-0.1, -0.05) is 23.8 Å². The molecule has 2 aromatic carbocycles. The lowest BCUT2D eigenvalue weighted by Crippen LogP contribution is -2.34. The van der Waals surface area contributed by atoms with Gasteiger partial charge in [-0.25, -0.2) is 8.42 Å². The van der Waals surface area contributed by atoms with Crippen LogP contribution in [0.25, 0.3) is 0 Å². The molecule has 0 saturated carbocycles. The first-order chi connectivity index (χ1) is 11.8. The summed E-state index contributed by atoms with van der Waals surface area (Å²) in [5.41, 5.74) is 4.40. The van der Waals surface area contributed by atoms with E-state index in [0.29, 0.717) is 24.3 Å². The fourth-order valence-electron chi connectivity index (χ4n) is 3.20. The SMILES string of the molecule is CC(=O)N1CCc2ccc(NS(=O)(=O)c3ccc(C)cc3C)cc2C1. The minimum Gasteiger partial charge on any atom is -0.338 e. The summed E-state index contributed by atoms with van der Waals surface area (Å²) in [7, 11) is -3.65. The third-order valence-corrected chi connectivity index (χ3v) is 6.08. The maximum atomic E-state index is 12.7. The number of amides is 1. The van der Waals surface area contributed by atoms with Crippen molar-refractivity contribution in [2.24, 2.45) is 0 Å². The van der Waals surface area contributed by atoms with Crippen LogP contribution in [0.3, 0.4) is 0 Å². The van der Waals surface area contributed by atoms with Crippen molar-refractivity contribution in [2.75, 3.05) is 11.3 Å². The van der Waals surface area contributed by atoms with Crippen LogP contribution >= 0.6 is 0 Å². The number of carbonyl (C=O) groups excluding carboxylic acids is 1. The van der Waals surface area contributed by atoms with E-state index in [1.54, 1.807) is 36.9 Å². The largest absolute Gasteiger partial charge is 0.338 e. The lowest BCUT2D eigenvalue weighted by Gasteiger charge is -2.28. The molecule has 0 unspecified atom stereocenters. The zero-order valence-electron chi connectivity index (χ0n) is 14.7. The van der Waals surface area contributed by atoms with Crippen molar-refractivity contribution < 1.29 is 13.2 Å². The lowest BCUT2D eigenvalue weighted by atomic mass is 9.99. The smallest absolute Gasteiger partial charge is 0.262 e. The van der Waals surface area contributed by atoms with Crippen LogP contribution in [0.15, 0.2) is 41.3 Å². The Hall–Kier alpha value is -2.34. The Labute approximate surface area is 148 Å². The Balaban J connectivity index is 1.88. The molecule has 1 heterocycles. The number of rotatable bonds is 3. The van der Waals surface area contributed by atoms with Crippen LogP contribution in [-0.2, 0) is 27.8 Å². The van der Waals surface area contributed by atoms with Crippen molar-refractivity contribution in [3.05, 3.63) is 58.7 Å². The molecule has 132 valence electrons. The molecule has 6 heteroatoms. The third kappa shape index (κ3) is 3.69. The van der Waals surface area contributed by atoms with Gasteiger partial charge in [-0.2, -0.15) is 0 Å². The first-order valence-electron chi connectivity index (χ1n) is 8.23. The van der Waals surface area contributed by atoms with Crippen LogP contribution in [0.4, 0.5) is 5.69 Å². The van der Waals surface area contributed by atoms with Gasteiger partial charge in [-0.05, 0) is 55.2 Å². The van der Waals surface area contributed by atoms with Crippen LogP contribution in [0.1, 0.15) is 29.2 Å². The number of benzene rings is 2. The molecule has 5 nitrogen and oxygen atoms in total. The number of carbonyl (C=O) groups is 1. The monoisotopic (exact) mass is 358 g/mol. The number of fused-ring (bicyclic) bond motifs is 1. The molecule has 0 spiro atoms. The standard InChI is InChI=1S/C19H22N2O3S/c1-13-4-7-19(14(2)10-13)25(23,24)20-18-6-5-16-8-9-21(15(3)22)12-17(16)11-18/h4-7,10-11,20H,8-9,12H2,1-3H3. The highest BCUT2D eigenvalue weighted by molar-refractivity contribution is 7.92. The number of hydrogen-bond acceptors (Lipinski definition) is 3. The van der Waals surface area contributed by atoms with Gasteiger partial charge in [0, 0.05) is 25.7 Å². The second kappa shape index (κ2) is 6.52. The van der Waals surface area contributed by atoms with Gasteiger partial charge in [0.15, 0.2) is 0 Å². The number of aryl methyl sites for hydroxylation is 2. The van der Waals surface area contributed by atoms with Crippen LogP contribution in [0.2, 0.25) is 0 Å². The molecule has 1 amide bonds. The summed E-state index contributed by atoms with van der Waals surface area (Å²) in [5, 5.41) is 0. The topological polar surface area (TPSA) is 66.5 Å². The summed E-state index contributed by atoms with van der Waals surface area (Å²) in [5.74, 6) is 0.0342. The summed E-state index contributed by atoms with van der Waals surface area (Å²) in [6.07, 6.45) is 0.791. The predicted octanol–water partition coefficient (Wildman–Crippen LogP) is 3.01. The van der Waals surface area contributed by atoms with Crippen LogP contribution in [-0.4, -0.2) is 25.8 Å². The number of nitrogens with zero attached hydrogens (tertiary/aromatic N) is 1. The van der Waals surface area contributed by atoms with Crippen LogP contribution < -0.4 is 4.72 Å². The number of hydrogen-bond donors (Lipinski definition) is 1. The normalized spacial score (nSPS) is 14.1. The highest BCUT2D eigenvalue weighted by atomic mass is 32.2. The molecule has 1 aliphatic heterocycles. The van der Waals surface area contributed by atoms with E-state index < -0.39 is 10.0 Å². The van der Waals surface area contributed by atoms with Gasteiger partial charge in [0.25, 0.3) is 10.0 Å². The maximum absolute atomic E-state index is 12.7. The summed E-state index contributed by atoms with van der Waals surface area (Å²) in [4.78, 5) is 13.6. The van der Waals surface area contributed by atoms with Gasteiger partial charge in [-0.15, -0.1) is 0 Å². The van der Waals surface area contributed by atoms with E-state index in [2.05, 4.69) is 4.72 Å². The van der Waals surface area contributed by atoms with Gasteiger partial charge < -0.3 is 4.90 Å². The average molecular weight is 358 g/mol. The molecule has 0 bridgehead atoms. The molecule has 1 aliphatic rings. The van der Waals surface area contributed by atoms with Crippen molar-refractivity contribution >= 4 is 21.6 Å². The average Bonchev–Trinajstić information content (AvgIpc) is 2.53. The van der Waals surface area contributed by atoms with E-state index in [9.17, 15) is 13.2 Å². The molecule has 0 fully saturated rings. The Morgan fingerprint density at radius 3 is 2.52 bits per heavy atom. The van der Waals surface area contributed by atoms with Crippen molar-refractivity contribution in [1.29, 1.82) is 0 Å². The Morgan fingerprint density at radius 1 is 1.08 bits per heavy atom. The number of sulfonamides is 1. The quantitative estimate of drug-likeness (QED) is 0.917. The van der Waals surface area contributed by atoms with Crippen molar-refractivity contribution in [2.45, 2.75) is 38.6 Å². The van der Waals surface area contributed by atoms with Crippen LogP contribution in [0.5, 0.6) is 0 Å². The molecular weight excluding hydrogens is 336 g/mol. The Bertz CT molecular complexity index is 936. The second-order valence-corrected chi connectivity index (χ2v) is 8.20. The van der Waals surface area contributed by atoms with E-state index in [0.717, 1.165) is 23.1 Å². The van der Waals surface area contributed by atoms with E-state index >= 15 is 0 Å². The predicted molar refractivity (Wildman–Crippen MR) is 98.0 cm³/mol. The fourth-order valence-corrected chi connectivity index (χ4v) is 4.48. The second-order valence-electron chi connectivity index (χ2n) is 6.55. The van der Waals surface area contributed by atoms with Crippen LogP contribution in [0, 0.1) is 13.8 Å². The van der Waals surface area contributed by atoms with E-state index in [-0.39, 0.29) is 10.8 Å². The van der Waals surface area contributed by atoms with Gasteiger partial charge in [0.1, 0.15) is 0 Å². The van der Waals surface area contributed by atoms with Crippen molar-refractivity contribution in [1.82, 2.24) is 4.90 Å². The molecule has 2 aromatic rings. The summed E-state index contributed by atoms with van der Waals surface area (Å²) >= 11 is 0. The van der Waals surface area contributed by atoms with Gasteiger partial charge in [0.2, 0.25) is 5.91 Å². The summed E-state index contributed by atoms with van der Waals surface area (Å²) in [6.45, 7) is 6.50. The number of anilines is 1. The van der Waals surface area contributed by atoms with Gasteiger partial charge in [-0.3, -0.25) is 9.52 Å². The van der Waals surface area contributed by atoms with Gasteiger partial charge in [0.05, 0.1) is 4.90 Å². The summed E-state index contributed by atoms with van der Waals surface area (Å²) in [6, 6.07) is 10.8. The third-order valence-electron chi connectivity index (χ3n) is 4.54. The molecule has 0 aromatic heterocycles.